The molecule has 214 valence electrons. The highest BCUT2D eigenvalue weighted by Gasteiger charge is 2.50. The number of carboxylic acid groups (broad SMARTS) is 1. The van der Waals surface area contributed by atoms with Gasteiger partial charge in [-0.15, -0.1) is 0 Å². The molecule has 2 amide bonds. The number of fused-ring (bicyclic) bond motifs is 2. The zero-order chi connectivity index (χ0) is 28.8. The molecule has 3 atom stereocenters. The van der Waals surface area contributed by atoms with E-state index in [0.29, 0.717) is 31.4 Å². The number of ether oxygens (including phenoxy) is 1. The fourth-order valence-electron chi connectivity index (χ4n) is 5.45. The van der Waals surface area contributed by atoms with Gasteiger partial charge in [-0.3, -0.25) is 4.79 Å². The number of alkyl carbamates (subject to hydrolysis) is 1. The maximum Gasteiger partial charge on any atom is 0.408 e. The summed E-state index contributed by atoms with van der Waals surface area (Å²) in [6.07, 6.45) is 7.79. The fourth-order valence-corrected chi connectivity index (χ4v) is 6.55. The monoisotopic (exact) mass is 564 g/mol. The molecule has 1 saturated heterocycles. The molecular weight excluding hydrogens is 524 g/mol. The second kappa shape index (κ2) is 12.9. The summed E-state index contributed by atoms with van der Waals surface area (Å²) >= 11 is 1.67. The van der Waals surface area contributed by atoms with E-state index in [1.165, 1.54) is 4.90 Å². The van der Waals surface area contributed by atoms with E-state index in [1.807, 2.05) is 54.6 Å². The first-order valence-corrected chi connectivity index (χ1v) is 15.1. The third-order valence-corrected chi connectivity index (χ3v) is 8.59. The van der Waals surface area contributed by atoms with E-state index >= 15 is 0 Å². The van der Waals surface area contributed by atoms with Crippen LogP contribution in [0.1, 0.15) is 64.9 Å². The first kappa shape index (κ1) is 29.7. The lowest BCUT2D eigenvalue weighted by atomic mass is 9.82. The van der Waals surface area contributed by atoms with Crippen molar-refractivity contribution in [1.82, 2.24) is 10.2 Å². The first-order chi connectivity index (χ1) is 19.1. The highest BCUT2D eigenvalue weighted by Crippen LogP contribution is 2.37. The Balaban J connectivity index is 1.79. The van der Waals surface area contributed by atoms with Crippen LogP contribution < -0.4 is 5.32 Å². The minimum atomic E-state index is -1.47. The van der Waals surface area contributed by atoms with Crippen LogP contribution in [-0.2, 0) is 19.9 Å². The highest BCUT2D eigenvalue weighted by molar-refractivity contribution is 8.00. The average molecular weight is 565 g/mol. The summed E-state index contributed by atoms with van der Waals surface area (Å²) in [7, 11) is 0. The SMILES string of the molecule is CC(C)(C)OC(=O)NC1(c2ccc(-c3ccccc3)cc2)CCCCCC=CCSC2CC(C(=O)O)N(C2)C1=O. The lowest BCUT2D eigenvalue weighted by Crippen LogP contribution is -2.59. The van der Waals surface area contributed by atoms with Gasteiger partial charge in [-0.25, -0.2) is 9.59 Å². The molecule has 1 fully saturated rings. The molecule has 2 aliphatic rings. The van der Waals surface area contributed by atoms with E-state index in [9.17, 15) is 19.5 Å². The second-order valence-electron chi connectivity index (χ2n) is 11.5. The number of carbonyl (C=O) groups is 3. The van der Waals surface area contributed by atoms with Crippen molar-refractivity contribution >= 4 is 29.7 Å². The summed E-state index contributed by atoms with van der Waals surface area (Å²) in [5, 5.41) is 13.1. The zero-order valence-electron chi connectivity index (χ0n) is 23.6. The normalized spacial score (nSPS) is 24.3. The fraction of sp³-hybridized carbons (Fsp3) is 0.469. The molecule has 2 N–H and O–H groups in total. The number of amides is 2. The van der Waals surface area contributed by atoms with Crippen molar-refractivity contribution in [2.24, 2.45) is 0 Å². The Morgan fingerprint density at radius 2 is 1.70 bits per heavy atom. The predicted molar refractivity (Wildman–Crippen MR) is 159 cm³/mol. The molecule has 2 aromatic rings. The number of hydrogen-bond acceptors (Lipinski definition) is 5. The molecule has 8 heteroatoms. The summed E-state index contributed by atoms with van der Waals surface area (Å²) < 4.78 is 5.64. The molecule has 2 aliphatic heterocycles. The van der Waals surface area contributed by atoms with Crippen molar-refractivity contribution in [1.29, 1.82) is 0 Å². The van der Waals surface area contributed by atoms with Crippen LogP contribution in [0.4, 0.5) is 4.79 Å². The van der Waals surface area contributed by atoms with Gasteiger partial charge in [-0.2, -0.15) is 11.8 Å². The molecular formula is C32H40N2O5S. The van der Waals surface area contributed by atoms with Gasteiger partial charge in [0.1, 0.15) is 17.2 Å². The summed E-state index contributed by atoms with van der Waals surface area (Å²) in [5.74, 6) is -0.641. The first-order valence-electron chi connectivity index (χ1n) is 14.1. The molecule has 0 radical (unpaired) electrons. The van der Waals surface area contributed by atoms with Crippen molar-refractivity contribution in [3.8, 4) is 11.1 Å². The van der Waals surface area contributed by atoms with Gasteiger partial charge in [0.25, 0.3) is 5.91 Å². The van der Waals surface area contributed by atoms with Crippen molar-refractivity contribution in [3.05, 3.63) is 72.3 Å². The Morgan fingerprint density at radius 3 is 2.38 bits per heavy atom. The van der Waals surface area contributed by atoms with Crippen molar-refractivity contribution in [3.63, 3.8) is 0 Å². The van der Waals surface area contributed by atoms with Crippen LogP contribution in [0, 0.1) is 0 Å². The van der Waals surface area contributed by atoms with Crippen LogP contribution in [0.15, 0.2) is 66.7 Å². The predicted octanol–water partition coefficient (Wildman–Crippen LogP) is 6.38. The standard InChI is InChI=1S/C32H40N2O5S/c1-31(2,3)39-30(38)33-32(25-17-15-24(16-18-25)23-13-9-8-10-14-23)19-11-6-4-5-7-12-20-40-26-21-27(28(35)36)34(22-26)29(32)37/h7-10,12-18,26-27H,4-6,11,19-22H2,1-3H3,(H,33,38)(H,35,36). The quantitative estimate of drug-likeness (QED) is 0.419. The van der Waals surface area contributed by atoms with Crippen LogP contribution in [0.25, 0.3) is 11.1 Å². The smallest absolute Gasteiger partial charge is 0.408 e. The number of benzene rings is 2. The average Bonchev–Trinajstić information content (AvgIpc) is 3.34. The lowest BCUT2D eigenvalue weighted by Gasteiger charge is -2.39. The van der Waals surface area contributed by atoms with Crippen LogP contribution in [0.2, 0.25) is 0 Å². The number of nitrogens with one attached hydrogen (secondary N) is 1. The van der Waals surface area contributed by atoms with Crippen LogP contribution in [-0.4, -0.2) is 57.2 Å². The topological polar surface area (TPSA) is 95.9 Å². The maximum atomic E-state index is 14.6. The summed E-state index contributed by atoms with van der Waals surface area (Å²) in [5.41, 5.74) is 0.412. The number of hydrogen-bond donors (Lipinski definition) is 2. The van der Waals surface area contributed by atoms with Gasteiger partial charge >= 0.3 is 12.1 Å². The van der Waals surface area contributed by atoms with Gasteiger partial charge < -0.3 is 20.1 Å². The number of thioether (sulfide) groups is 1. The third kappa shape index (κ3) is 7.27. The molecule has 40 heavy (non-hydrogen) atoms. The largest absolute Gasteiger partial charge is 0.480 e. The number of carbonyl (C=O) groups excluding carboxylic acids is 2. The summed E-state index contributed by atoms with van der Waals surface area (Å²) in [4.78, 5) is 41.8. The molecule has 0 spiro atoms. The van der Waals surface area contributed by atoms with E-state index < -0.39 is 35.2 Å². The van der Waals surface area contributed by atoms with Gasteiger partial charge in [0.2, 0.25) is 0 Å². The van der Waals surface area contributed by atoms with Gasteiger partial charge in [0.15, 0.2) is 0 Å². The molecule has 3 unspecified atom stereocenters. The molecule has 7 nitrogen and oxygen atoms in total. The number of carboxylic acids is 1. The van der Waals surface area contributed by atoms with E-state index in [2.05, 4.69) is 17.5 Å². The molecule has 2 aromatic carbocycles. The van der Waals surface area contributed by atoms with E-state index in [1.54, 1.807) is 32.5 Å². The lowest BCUT2D eigenvalue weighted by molar-refractivity contribution is -0.151. The van der Waals surface area contributed by atoms with E-state index in [-0.39, 0.29) is 5.25 Å². The van der Waals surface area contributed by atoms with Crippen LogP contribution in [0.3, 0.4) is 0 Å². The van der Waals surface area contributed by atoms with E-state index in [0.717, 1.165) is 36.1 Å². The highest BCUT2D eigenvalue weighted by atomic mass is 32.2. The van der Waals surface area contributed by atoms with E-state index in [4.69, 9.17) is 4.74 Å². The van der Waals surface area contributed by atoms with Crippen molar-refractivity contribution < 1.29 is 24.2 Å². The van der Waals surface area contributed by atoms with Gasteiger partial charge in [-0.05, 0) is 63.1 Å². The summed E-state index contributed by atoms with van der Waals surface area (Å²) in [6.45, 7) is 5.65. The number of nitrogens with zero attached hydrogens (tertiary/aromatic N) is 1. The van der Waals surface area contributed by atoms with Gasteiger partial charge in [-0.1, -0.05) is 79.6 Å². The Bertz CT molecular complexity index is 1210. The number of allylic oxidation sites excluding steroid dienone is 1. The Kier molecular flexibility index (Phi) is 9.61. The molecule has 2 bridgehead atoms. The van der Waals surface area contributed by atoms with Crippen LogP contribution >= 0.6 is 11.8 Å². The molecule has 4 rings (SSSR count). The third-order valence-electron chi connectivity index (χ3n) is 7.39. The minimum Gasteiger partial charge on any atom is -0.480 e. The molecule has 0 aliphatic carbocycles. The van der Waals surface area contributed by atoms with Crippen molar-refractivity contribution in [2.45, 2.75) is 81.7 Å². The minimum absolute atomic E-state index is 0.00248. The Labute approximate surface area is 241 Å². The van der Waals surface area contributed by atoms with Crippen LogP contribution in [0.5, 0.6) is 0 Å². The van der Waals surface area contributed by atoms with Crippen molar-refractivity contribution in [2.75, 3.05) is 12.3 Å². The summed E-state index contributed by atoms with van der Waals surface area (Å²) in [6, 6.07) is 16.6. The van der Waals surface area contributed by atoms with Gasteiger partial charge in [0.05, 0.1) is 0 Å². The zero-order valence-corrected chi connectivity index (χ0v) is 24.4. The maximum absolute atomic E-state index is 14.6. The van der Waals surface area contributed by atoms with Gasteiger partial charge in [0, 0.05) is 17.5 Å². The Hall–Kier alpha value is -3.26. The number of aliphatic carboxylic acids is 1. The number of rotatable bonds is 4. The molecule has 0 saturated carbocycles. The molecule has 0 aromatic heterocycles. The molecule has 2 heterocycles. The Morgan fingerprint density at radius 1 is 1.00 bits per heavy atom. The second-order valence-corrected chi connectivity index (χ2v) is 12.9.